The summed E-state index contributed by atoms with van der Waals surface area (Å²) in [4.78, 5) is 9.11. The van der Waals surface area contributed by atoms with E-state index >= 15 is 0 Å². The zero-order chi connectivity index (χ0) is 15.5. The first-order valence-corrected chi connectivity index (χ1v) is 8.24. The first-order chi connectivity index (χ1) is 11.4. The molecule has 5 nitrogen and oxygen atoms in total. The lowest BCUT2D eigenvalue weighted by molar-refractivity contribution is 0.391. The van der Waals surface area contributed by atoms with Crippen molar-refractivity contribution in [3.63, 3.8) is 0 Å². The molecule has 3 heterocycles. The lowest BCUT2D eigenvalue weighted by atomic mass is 10.1. The first-order valence-electron chi connectivity index (χ1n) is 8.24. The maximum Gasteiger partial charge on any atom is 0.126 e. The molecule has 1 atom stereocenters. The quantitative estimate of drug-likeness (QED) is 0.712. The topological polar surface area (TPSA) is 54.8 Å². The molecule has 23 heavy (non-hydrogen) atoms. The number of pyridine rings is 1. The van der Waals surface area contributed by atoms with Crippen LogP contribution in [0.1, 0.15) is 24.7 Å². The normalized spacial score (nSPS) is 17.1. The molecular weight excluding hydrogens is 286 g/mol. The van der Waals surface area contributed by atoms with Gasteiger partial charge in [-0.2, -0.15) is 0 Å². The molecule has 0 radical (unpaired) electrons. The highest BCUT2D eigenvalue weighted by molar-refractivity contribution is 5.79. The predicted octanol–water partition coefficient (Wildman–Crippen LogP) is 2.97. The average Bonchev–Trinajstić information content (AvgIpc) is 3.08. The standard InChI is InChI=1S/C18H21N5/c1-2-5-15-14(4-1)7-8-17(22-15)20-10-9-19-16-6-3-12-23-13-11-21-18(16)23/h1-2,4-5,7-8,11,13,16,19H,3,6,9-10,12H2,(H,20,22). The number of nitrogens with zero attached hydrogens (tertiary/aromatic N) is 3. The number of imidazole rings is 1. The van der Waals surface area contributed by atoms with Crippen LogP contribution >= 0.6 is 0 Å². The Morgan fingerprint density at radius 2 is 2.09 bits per heavy atom. The van der Waals surface area contributed by atoms with Gasteiger partial charge in [0.2, 0.25) is 0 Å². The number of anilines is 1. The second kappa shape index (κ2) is 6.38. The van der Waals surface area contributed by atoms with Crippen LogP contribution in [0.4, 0.5) is 5.82 Å². The van der Waals surface area contributed by atoms with Gasteiger partial charge < -0.3 is 15.2 Å². The highest BCUT2D eigenvalue weighted by Gasteiger charge is 2.20. The van der Waals surface area contributed by atoms with Crippen LogP contribution in [0.2, 0.25) is 0 Å². The van der Waals surface area contributed by atoms with Gasteiger partial charge in [-0.1, -0.05) is 18.2 Å². The Bertz CT molecular complexity index is 795. The summed E-state index contributed by atoms with van der Waals surface area (Å²) in [5.41, 5.74) is 1.03. The van der Waals surface area contributed by atoms with E-state index in [0.717, 1.165) is 37.4 Å². The van der Waals surface area contributed by atoms with Crippen molar-refractivity contribution >= 4 is 16.7 Å². The minimum Gasteiger partial charge on any atom is -0.369 e. The average molecular weight is 307 g/mol. The van der Waals surface area contributed by atoms with Gasteiger partial charge in [0.1, 0.15) is 11.6 Å². The second-order valence-electron chi connectivity index (χ2n) is 5.94. The molecule has 1 aromatic carbocycles. The Labute approximate surface area is 135 Å². The van der Waals surface area contributed by atoms with E-state index in [4.69, 9.17) is 0 Å². The minimum absolute atomic E-state index is 0.366. The SMILES string of the molecule is c1ccc2nc(NCCNC3CCCn4ccnc43)ccc2c1. The summed E-state index contributed by atoms with van der Waals surface area (Å²) in [5, 5.41) is 8.16. The number of hydrogen-bond donors (Lipinski definition) is 2. The lowest BCUT2D eigenvalue weighted by Crippen LogP contribution is -2.31. The molecule has 1 unspecified atom stereocenters. The Morgan fingerprint density at radius 3 is 3.09 bits per heavy atom. The van der Waals surface area contributed by atoms with Crippen LogP contribution in [-0.2, 0) is 6.54 Å². The molecule has 118 valence electrons. The molecule has 1 aliphatic heterocycles. The Morgan fingerprint density at radius 1 is 1.13 bits per heavy atom. The molecule has 0 spiro atoms. The van der Waals surface area contributed by atoms with Crippen LogP contribution in [-0.4, -0.2) is 27.6 Å². The number of rotatable bonds is 5. The van der Waals surface area contributed by atoms with E-state index in [1.54, 1.807) is 0 Å². The van der Waals surface area contributed by atoms with Crippen LogP contribution in [0, 0.1) is 0 Å². The molecule has 0 saturated carbocycles. The molecule has 1 aliphatic rings. The van der Waals surface area contributed by atoms with E-state index in [-0.39, 0.29) is 0 Å². The number of benzene rings is 1. The zero-order valence-corrected chi connectivity index (χ0v) is 13.1. The number of fused-ring (bicyclic) bond motifs is 2. The number of para-hydroxylation sites is 1. The molecule has 0 bridgehead atoms. The fourth-order valence-electron chi connectivity index (χ4n) is 3.21. The molecular formula is C18H21N5. The van der Waals surface area contributed by atoms with E-state index in [2.05, 4.69) is 43.5 Å². The van der Waals surface area contributed by atoms with E-state index in [0.29, 0.717) is 6.04 Å². The summed E-state index contributed by atoms with van der Waals surface area (Å²) in [6, 6.07) is 12.7. The Hall–Kier alpha value is -2.40. The smallest absolute Gasteiger partial charge is 0.126 e. The fraction of sp³-hybridized carbons (Fsp3) is 0.333. The molecule has 4 rings (SSSR count). The summed E-state index contributed by atoms with van der Waals surface area (Å²) >= 11 is 0. The van der Waals surface area contributed by atoms with Crippen molar-refractivity contribution in [3.8, 4) is 0 Å². The van der Waals surface area contributed by atoms with Crippen molar-refractivity contribution in [1.82, 2.24) is 19.9 Å². The number of nitrogens with one attached hydrogen (secondary N) is 2. The Balaban J connectivity index is 1.32. The monoisotopic (exact) mass is 307 g/mol. The molecule has 2 aromatic heterocycles. The fourth-order valence-corrected chi connectivity index (χ4v) is 3.21. The largest absolute Gasteiger partial charge is 0.369 e. The number of aromatic nitrogens is 3. The summed E-state index contributed by atoms with van der Waals surface area (Å²) in [6.07, 6.45) is 6.33. The Kier molecular flexibility index (Phi) is 3.94. The van der Waals surface area contributed by atoms with Crippen molar-refractivity contribution in [2.75, 3.05) is 18.4 Å². The third-order valence-electron chi connectivity index (χ3n) is 4.37. The van der Waals surface area contributed by atoms with Gasteiger partial charge in [0.25, 0.3) is 0 Å². The molecule has 5 heteroatoms. The minimum atomic E-state index is 0.366. The second-order valence-corrected chi connectivity index (χ2v) is 5.94. The van der Waals surface area contributed by atoms with Gasteiger partial charge in [-0.25, -0.2) is 9.97 Å². The van der Waals surface area contributed by atoms with Gasteiger partial charge in [0, 0.05) is 37.4 Å². The summed E-state index contributed by atoms with van der Waals surface area (Å²) in [7, 11) is 0. The van der Waals surface area contributed by atoms with Crippen molar-refractivity contribution in [2.45, 2.75) is 25.4 Å². The van der Waals surface area contributed by atoms with Crippen LogP contribution in [0.25, 0.3) is 10.9 Å². The van der Waals surface area contributed by atoms with Gasteiger partial charge in [-0.15, -0.1) is 0 Å². The van der Waals surface area contributed by atoms with E-state index in [1.165, 1.54) is 17.6 Å². The first kappa shape index (κ1) is 14.2. The van der Waals surface area contributed by atoms with Gasteiger partial charge >= 0.3 is 0 Å². The highest BCUT2D eigenvalue weighted by Crippen LogP contribution is 2.22. The van der Waals surface area contributed by atoms with Gasteiger partial charge in [-0.3, -0.25) is 0 Å². The zero-order valence-electron chi connectivity index (χ0n) is 13.1. The van der Waals surface area contributed by atoms with Crippen LogP contribution in [0.5, 0.6) is 0 Å². The van der Waals surface area contributed by atoms with Gasteiger partial charge in [0.05, 0.1) is 11.6 Å². The molecule has 0 saturated heterocycles. The summed E-state index contributed by atoms with van der Waals surface area (Å²) in [6.45, 7) is 2.83. The summed E-state index contributed by atoms with van der Waals surface area (Å²) in [5.74, 6) is 2.09. The number of aryl methyl sites for hydroxylation is 1. The van der Waals surface area contributed by atoms with Crippen molar-refractivity contribution in [1.29, 1.82) is 0 Å². The van der Waals surface area contributed by atoms with Crippen molar-refractivity contribution in [3.05, 3.63) is 54.6 Å². The van der Waals surface area contributed by atoms with Crippen molar-refractivity contribution in [2.24, 2.45) is 0 Å². The maximum atomic E-state index is 4.63. The van der Waals surface area contributed by atoms with Gasteiger partial charge in [-0.05, 0) is 31.0 Å². The molecule has 0 fully saturated rings. The summed E-state index contributed by atoms with van der Waals surface area (Å²) < 4.78 is 2.25. The maximum absolute atomic E-state index is 4.63. The van der Waals surface area contributed by atoms with Gasteiger partial charge in [0.15, 0.2) is 0 Å². The molecule has 3 aromatic rings. The molecule has 0 aliphatic carbocycles. The van der Waals surface area contributed by atoms with Crippen LogP contribution in [0.15, 0.2) is 48.8 Å². The van der Waals surface area contributed by atoms with E-state index in [1.807, 2.05) is 30.5 Å². The molecule has 2 N–H and O–H groups in total. The van der Waals surface area contributed by atoms with E-state index < -0.39 is 0 Å². The number of hydrogen-bond acceptors (Lipinski definition) is 4. The van der Waals surface area contributed by atoms with Crippen LogP contribution in [0.3, 0.4) is 0 Å². The van der Waals surface area contributed by atoms with Crippen molar-refractivity contribution < 1.29 is 0 Å². The highest BCUT2D eigenvalue weighted by atomic mass is 15.1. The van der Waals surface area contributed by atoms with Crippen LogP contribution < -0.4 is 10.6 Å². The predicted molar refractivity (Wildman–Crippen MR) is 92.4 cm³/mol. The van der Waals surface area contributed by atoms with E-state index in [9.17, 15) is 0 Å². The molecule has 0 amide bonds. The third-order valence-corrected chi connectivity index (χ3v) is 4.37. The lowest BCUT2D eigenvalue weighted by Gasteiger charge is -2.24. The third kappa shape index (κ3) is 3.05.